The molecule has 2 amide bonds. The smallest absolute Gasteiger partial charge is 0.330 e. The highest BCUT2D eigenvalue weighted by molar-refractivity contribution is 7.88. The Balaban J connectivity index is 1.81. The number of nitrogens with one attached hydrogen (secondary N) is 1. The van der Waals surface area contributed by atoms with Crippen LogP contribution in [0.5, 0.6) is 0 Å². The van der Waals surface area contributed by atoms with Gasteiger partial charge in [-0.05, 0) is 30.9 Å². The lowest BCUT2D eigenvalue weighted by molar-refractivity contribution is -0.342. The van der Waals surface area contributed by atoms with Crippen LogP contribution in [0.1, 0.15) is 31.2 Å². The monoisotopic (exact) mass is 549 g/mol. The van der Waals surface area contributed by atoms with E-state index in [4.69, 9.17) is 11.6 Å². The molecule has 36 heavy (non-hydrogen) atoms. The van der Waals surface area contributed by atoms with Crippen molar-refractivity contribution in [1.29, 1.82) is 0 Å². The van der Waals surface area contributed by atoms with Gasteiger partial charge in [0.15, 0.2) is 5.06 Å². The summed E-state index contributed by atoms with van der Waals surface area (Å²) in [4.78, 5) is 27.2. The molecule has 0 saturated carbocycles. The molecular weight excluding hydrogens is 523 g/mol. The number of hydrogen-bond acceptors (Lipinski definition) is 5. The third-order valence-electron chi connectivity index (χ3n) is 5.97. The minimum Gasteiger partial charge on any atom is -0.330 e. The van der Waals surface area contributed by atoms with Gasteiger partial charge in [-0.15, -0.1) is 13.2 Å². The summed E-state index contributed by atoms with van der Waals surface area (Å²) in [6.45, 7) is -0.180. The topological polar surface area (TPSA) is 96.0 Å². The molecule has 1 saturated heterocycles. The summed E-state index contributed by atoms with van der Waals surface area (Å²) in [7, 11) is -2.34. The van der Waals surface area contributed by atoms with Crippen LogP contribution in [0.3, 0.4) is 0 Å². The lowest BCUT2D eigenvalue weighted by Crippen LogP contribution is -2.54. The summed E-state index contributed by atoms with van der Waals surface area (Å²) >= 11 is 6.37. The number of carbonyl (C=O) groups is 2. The van der Waals surface area contributed by atoms with Crippen LogP contribution >= 0.6 is 11.6 Å². The van der Waals surface area contributed by atoms with E-state index in [1.54, 1.807) is 30.3 Å². The lowest BCUT2D eigenvalue weighted by atomic mass is 9.92. The highest BCUT2D eigenvalue weighted by atomic mass is 35.5. The molecule has 2 atom stereocenters. The number of rotatable bonds is 7. The number of likely N-dealkylation sites (N-methyl/N-ethyl adjacent to an activating group) is 1. The molecule has 1 heterocycles. The van der Waals surface area contributed by atoms with Crippen molar-refractivity contribution in [3.63, 3.8) is 0 Å². The molecule has 198 valence electrons. The number of halogens is 4. The summed E-state index contributed by atoms with van der Waals surface area (Å²) in [6.07, 6.45) is -0.145. The zero-order valence-corrected chi connectivity index (χ0v) is 21.3. The Kier molecular flexibility index (Phi) is 8.54. The summed E-state index contributed by atoms with van der Waals surface area (Å²) < 4.78 is 68.3. The number of allylic oxidation sites excluding steroid dienone is 2. The van der Waals surface area contributed by atoms with Gasteiger partial charge in [0.2, 0.25) is 21.8 Å². The lowest BCUT2D eigenvalue weighted by Gasteiger charge is -2.37. The van der Waals surface area contributed by atoms with Crippen LogP contribution in [0.25, 0.3) is 5.57 Å². The molecule has 1 aliphatic heterocycles. The second-order valence-electron chi connectivity index (χ2n) is 8.70. The van der Waals surface area contributed by atoms with Gasteiger partial charge in [-0.25, -0.2) is 8.42 Å². The molecule has 1 fully saturated rings. The molecule has 0 radical (unpaired) electrons. The van der Waals surface area contributed by atoms with Crippen LogP contribution in [-0.2, 0) is 24.3 Å². The van der Waals surface area contributed by atoms with Crippen molar-refractivity contribution in [3.05, 3.63) is 53.7 Å². The van der Waals surface area contributed by atoms with Gasteiger partial charge in [0, 0.05) is 31.3 Å². The van der Waals surface area contributed by atoms with Crippen molar-refractivity contribution in [2.45, 2.75) is 43.1 Å². The van der Waals surface area contributed by atoms with Crippen molar-refractivity contribution in [2.24, 2.45) is 0 Å². The summed E-state index contributed by atoms with van der Waals surface area (Å²) in [5.41, 5.74) is 0.598. The highest BCUT2D eigenvalue weighted by Crippen LogP contribution is 2.45. The zero-order valence-electron chi connectivity index (χ0n) is 19.7. The minimum absolute atomic E-state index is 0.0818. The minimum atomic E-state index is -5.04. The second kappa shape index (κ2) is 10.9. The third-order valence-corrected chi connectivity index (χ3v) is 7.64. The molecule has 1 N–H and O–H groups in total. The van der Waals surface area contributed by atoms with Crippen LogP contribution in [0.4, 0.5) is 13.2 Å². The third kappa shape index (κ3) is 7.09. The van der Waals surface area contributed by atoms with Crippen LogP contribution < -0.4 is 5.32 Å². The number of amides is 2. The summed E-state index contributed by atoms with van der Waals surface area (Å²) in [6, 6.07) is 7.29. The average molecular weight is 550 g/mol. The summed E-state index contributed by atoms with van der Waals surface area (Å²) in [5, 5.41) is 0.268. The fourth-order valence-electron chi connectivity index (χ4n) is 4.14. The molecule has 1 unspecified atom stereocenters. The van der Waals surface area contributed by atoms with Crippen LogP contribution in [0, 0.1) is 0 Å². The maximum atomic E-state index is 13.3. The Labute approximate surface area is 212 Å². The SMILES string of the molecule is CN(CC(=O)N1CCCC[C@@H]1C(=O)NC1=CC=C(c2ccccc2)C(Cl)(OC(F)(F)F)C1)S(C)(=O)=O. The number of alkyl halides is 4. The van der Waals surface area contributed by atoms with Crippen molar-refractivity contribution in [1.82, 2.24) is 14.5 Å². The van der Waals surface area contributed by atoms with Gasteiger partial charge in [-0.2, -0.15) is 4.31 Å². The zero-order chi connectivity index (χ0) is 26.7. The Morgan fingerprint density at radius 1 is 1.22 bits per heavy atom. The van der Waals surface area contributed by atoms with Gasteiger partial charge in [0.1, 0.15) is 6.04 Å². The fourth-order valence-corrected chi connectivity index (χ4v) is 4.89. The van der Waals surface area contributed by atoms with Gasteiger partial charge in [-0.1, -0.05) is 48.0 Å². The number of nitrogens with zero attached hydrogens (tertiary/aromatic N) is 2. The number of benzene rings is 1. The van der Waals surface area contributed by atoms with E-state index in [2.05, 4.69) is 10.1 Å². The fraction of sp³-hybridized carbons (Fsp3) is 0.478. The van der Waals surface area contributed by atoms with E-state index in [0.717, 1.165) is 10.6 Å². The van der Waals surface area contributed by atoms with Gasteiger partial charge in [-0.3, -0.25) is 14.3 Å². The van der Waals surface area contributed by atoms with Crippen molar-refractivity contribution < 1.29 is 35.9 Å². The Morgan fingerprint density at radius 2 is 1.89 bits per heavy atom. The van der Waals surface area contributed by atoms with Gasteiger partial charge in [0.05, 0.1) is 12.8 Å². The first-order valence-electron chi connectivity index (χ1n) is 11.1. The maximum absolute atomic E-state index is 13.3. The molecule has 13 heteroatoms. The molecule has 0 spiro atoms. The van der Waals surface area contributed by atoms with E-state index in [-0.39, 0.29) is 17.8 Å². The number of ether oxygens (including phenoxy) is 1. The molecule has 1 aromatic carbocycles. The van der Waals surface area contributed by atoms with E-state index in [9.17, 15) is 31.2 Å². The van der Waals surface area contributed by atoms with E-state index in [1.165, 1.54) is 24.1 Å². The quantitative estimate of drug-likeness (QED) is 0.527. The van der Waals surface area contributed by atoms with Gasteiger partial charge >= 0.3 is 6.36 Å². The second-order valence-corrected chi connectivity index (χ2v) is 11.4. The first-order valence-corrected chi connectivity index (χ1v) is 13.4. The standard InChI is InChI=1S/C23H27ClF3N3O5S/c1-29(36(2,33)34)15-20(31)30-13-7-6-10-19(30)21(32)28-17-11-12-18(16-8-4-3-5-9-16)22(24,14-17)35-23(25,26)27/h3-5,8-9,11-12,19H,6-7,10,13-15H2,1-2H3,(H,28,32)/t19-,22?/m1/s1. The molecule has 2 aliphatic rings. The molecular formula is C23H27ClF3N3O5S. The predicted molar refractivity (Wildman–Crippen MR) is 128 cm³/mol. The largest absolute Gasteiger partial charge is 0.524 e. The van der Waals surface area contributed by atoms with Gasteiger partial charge in [0.25, 0.3) is 0 Å². The Bertz CT molecular complexity index is 1160. The molecule has 0 bridgehead atoms. The van der Waals surface area contributed by atoms with E-state index >= 15 is 0 Å². The number of piperidine rings is 1. The first-order chi connectivity index (χ1) is 16.7. The molecule has 1 aliphatic carbocycles. The van der Waals surface area contributed by atoms with Crippen LogP contribution in [0.15, 0.2) is 48.2 Å². The maximum Gasteiger partial charge on any atom is 0.524 e. The Hall–Kier alpha value is -2.41. The van der Waals surface area contributed by atoms with E-state index in [1.807, 2.05) is 0 Å². The Morgan fingerprint density at radius 3 is 2.50 bits per heavy atom. The van der Waals surface area contributed by atoms with Crippen molar-refractivity contribution in [3.8, 4) is 0 Å². The van der Waals surface area contributed by atoms with Crippen LogP contribution in [0.2, 0.25) is 0 Å². The highest BCUT2D eigenvalue weighted by Gasteiger charge is 2.47. The number of hydrogen-bond donors (Lipinski definition) is 1. The molecule has 1 aromatic rings. The molecule has 3 rings (SSSR count). The molecule has 8 nitrogen and oxygen atoms in total. The van der Waals surface area contributed by atoms with E-state index in [0.29, 0.717) is 24.8 Å². The number of carbonyl (C=O) groups excluding carboxylic acids is 2. The summed E-state index contributed by atoms with van der Waals surface area (Å²) in [5.74, 6) is -1.14. The van der Waals surface area contributed by atoms with Gasteiger partial charge < -0.3 is 10.2 Å². The predicted octanol–water partition coefficient (Wildman–Crippen LogP) is 3.22. The number of likely N-dealkylation sites (tertiary alicyclic amines) is 1. The normalized spacial score (nSPS) is 23.2. The van der Waals surface area contributed by atoms with Crippen molar-refractivity contribution >= 4 is 39.0 Å². The van der Waals surface area contributed by atoms with E-state index < -0.39 is 52.3 Å². The number of sulfonamides is 1. The first kappa shape index (κ1) is 28.2. The average Bonchev–Trinajstić information content (AvgIpc) is 2.77. The van der Waals surface area contributed by atoms with Crippen LogP contribution in [-0.4, -0.2) is 73.3 Å². The molecule has 0 aromatic heterocycles. The van der Waals surface area contributed by atoms with Crippen molar-refractivity contribution in [2.75, 3.05) is 26.4 Å².